The molecule has 3 rings (SSSR count). The van der Waals surface area contributed by atoms with Gasteiger partial charge in [-0.3, -0.25) is 0 Å². The highest BCUT2D eigenvalue weighted by atomic mass is 35.5. The second-order valence-corrected chi connectivity index (χ2v) is 7.00. The van der Waals surface area contributed by atoms with E-state index in [1.165, 1.54) is 38.3 Å². The van der Waals surface area contributed by atoms with Crippen molar-refractivity contribution in [3.05, 3.63) is 65.2 Å². The molecule has 0 atom stereocenters. The van der Waals surface area contributed by atoms with E-state index >= 15 is 0 Å². The van der Waals surface area contributed by atoms with E-state index in [-0.39, 0.29) is 0 Å². The number of piperazine rings is 1. The molecule has 2 N–H and O–H groups in total. The standard InChI is InChI=1S/C20H25ClN2O/c21-19-7-9-20(10-8-19)24-16-4-11-22-12-14-23(15-13-22)17-18-5-2-1-3-6-18/h1-3,5-10H,4,11-17H2/p+2. The Hall–Kier alpha value is -1.55. The van der Waals surface area contributed by atoms with Crippen molar-refractivity contribution in [2.75, 3.05) is 39.3 Å². The molecule has 4 heteroatoms. The van der Waals surface area contributed by atoms with E-state index < -0.39 is 0 Å². The molecule has 0 aliphatic carbocycles. The lowest BCUT2D eigenvalue weighted by Gasteiger charge is -2.29. The minimum Gasteiger partial charge on any atom is -0.493 e. The van der Waals surface area contributed by atoms with Gasteiger partial charge in [-0.05, 0) is 24.3 Å². The molecule has 1 fully saturated rings. The first-order chi connectivity index (χ1) is 11.8. The van der Waals surface area contributed by atoms with Crippen LogP contribution in [0, 0.1) is 0 Å². The van der Waals surface area contributed by atoms with Gasteiger partial charge in [0.15, 0.2) is 0 Å². The van der Waals surface area contributed by atoms with Crippen LogP contribution >= 0.6 is 11.6 Å². The van der Waals surface area contributed by atoms with Crippen LogP contribution in [0.2, 0.25) is 5.02 Å². The summed E-state index contributed by atoms with van der Waals surface area (Å²) in [6, 6.07) is 18.4. The largest absolute Gasteiger partial charge is 0.493 e. The summed E-state index contributed by atoms with van der Waals surface area (Å²) in [6.45, 7) is 8.21. The van der Waals surface area contributed by atoms with E-state index in [1.54, 1.807) is 9.80 Å². The van der Waals surface area contributed by atoms with Crippen molar-refractivity contribution in [3.8, 4) is 5.75 Å². The predicted octanol–water partition coefficient (Wildman–Crippen LogP) is 1.09. The lowest BCUT2D eigenvalue weighted by molar-refractivity contribution is -1.02. The third-order valence-electron chi connectivity index (χ3n) is 4.72. The van der Waals surface area contributed by atoms with Crippen LogP contribution in [-0.2, 0) is 6.54 Å². The second kappa shape index (κ2) is 9.07. The van der Waals surface area contributed by atoms with Gasteiger partial charge in [-0.15, -0.1) is 0 Å². The summed E-state index contributed by atoms with van der Waals surface area (Å²) in [7, 11) is 0. The van der Waals surface area contributed by atoms with Crippen molar-refractivity contribution in [1.29, 1.82) is 0 Å². The third-order valence-corrected chi connectivity index (χ3v) is 4.97. The van der Waals surface area contributed by atoms with Crippen molar-refractivity contribution >= 4 is 11.6 Å². The number of halogens is 1. The molecule has 1 aliphatic rings. The summed E-state index contributed by atoms with van der Waals surface area (Å²) in [4.78, 5) is 3.42. The Balaban J connectivity index is 1.30. The Morgan fingerprint density at radius 2 is 1.50 bits per heavy atom. The Bertz CT molecular complexity index is 595. The Morgan fingerprint density at radius 3 is 2.21 bits per heavy atom. The Kier molecular flexibility index (Phi) is 6.53. The van der Waals surface area contributed by atoms with E-state index in [0.717, 1.165) is 30.3 Å². The molecule has 24 heavy (non-hydrogen) atoms. The maximum absolute atomic E-state index is 5.88. The number of quaternary nitrogens is 2. The van der Waals surface area contributed by atoms with E-state index in [2.05, 4.69) is 30.3 Å². The molecule has 0 aromatic heterocycles. The zero-order valence-electron chi connectivity index (χ0n) is 14.1. The lowest BCUT2D eigenvalue weighted by Crippen LogP contribution is -3.27. The molecule has 0 saturated carbocycles. The van der Waals surface area contributed by atoms with Gasteiger partial charge in [-0.2, -0.15) is 0 Å². The maximum atomic E-state index is 5.88. The number of hydrogen-bond acceptors (Lipinski definition) is 1. The third kappa shape index (κ3) is 5.52. The van der Waals surface area contributed by atoms with E-state index in [0.29, 0.717) is 0 Å². The second-order valence-electron chi connectivity index (χ2n) is 6.57. The summed E-state index contributed by atoms with van der Waals surface area (Å²) in [5.74, 6) is 0.909. The van der Waals surface area contributed by atoms with Gasteiger partial charge < -0.3 is 14.5 Å². The van der Waals surface area contributed by atoms with Gasteiger partial charge in [0.2, 0.25) is 0 Å². The van der Waals surface area contributed by atoms with Gasteiger partial charge >= 0.3 is 0 Å². The molecule has 2 aromatic carbocycles. The molecule has 1 saturated heterocycles. The van der Waals surface area contributed by atoms with Crippen LogP contribution in [0.3, 0.4) is 0 Å². The van der Waals surface area contributed by atoms with Crippen molar-refractivity contribution in [2.24, 2.45) is 0 Å². The van der Waals surface area contributed by atoms with Gasteiger partial charge in [0.25, 0.3) is 0 Å². The first-order valence-electron chi connectivity index (χ1n) is 8.89. The van der Waals surface area contributed by atoms with Gasteiger partial charge in [0.05, 0.1) is 13.2 Å². The minimum atomic E-state index is 0.752. The van der Waals surface area contributed by atoms with Crippen molar-refractivity contribution in [1.82, 2.24) is 0 Å². The van der Waals surface area contributed by atoms with Gasteiger partial charge in [0, 0.05) is 17.0 Å². The van der Waals surface area contributed by atoms with E-state index in [4.69, 9.17) is 16.3 Å². The molecule has 0 radical (unpaired) electrons. The molecule has 1 aliphatic heterocycles. The normalized spacial score (nSPS) is 20.7. The summed E-state index contributed by atoms with van der Waals surface area (Å²) in [5.41, 5.74) is 1.45. The first-order valence-corrected chi connectivity index (χ1v) is 9.27. The fourth-order valence-corrected chi connectivity index (χ4v) is 3.44. The fourth-order valence-electron chi connectivity index (χ4n) is 3.31. The van der Waals surface area contributed by atoms with Gasteiger partial charge in [-0.25, -0.2) is 0 Å². The molecule has 128 valence electrons. The highest BCUT2D eigenvalue weighted by Crippen LogP contribution is 2.15. The zero-order chi connectivity index (χ0) is 16.6. The molecule has 0 spiro atoms. The smallest absolute Gasteiger partial charge is 0.127 e. The zero-order valence-corrected chi connectivity index (χ0v) is 14.9. The molecule has 1 heterocycles. The number of nitrogens with one attached hydrogen (secondary N) is 2. The van der Waals surface area contributed by atoms with Crippen LogP contribution in [0.25, 0.3) is 0 Å². The molecule has 2 aromatic rings. The van der Waals surface area contributed by atoms with Gasteiger partial charge in [0.1, 0.15) is 38.5 Å². The van der Waals surface area contributed by atoms with Crippen LogP contribution in [0.4, 0.5) is 0 Å². The van der Waals surface area contributed by atoms with Crippen LogP contribution in [-0.4, -0.2) is 39.3 Å². The van der Waals surface area contributed by atoms with Crippen molar-refractivity contribution in [3.63, 3.8) is 0 Å². The SMILES string of the molecule is Clc1ccc(OCCC[NH+]2CC[NH+](Cc3ccccc3)CC2)cc1. The predicted molar refractivity (Wildman–Crippen MR) is 98.0 cm³/mol. The Labute approximate surface area is 149 Å². The quantitative estimate of drug-likeness (QED) is 0.718. The molecule has 0 unspecified atom stereocenters. The fraction of sp³-hybridized carbons (Fsp3) is 0.400. The molecular weight excluding hydrogens is 320 g/mol. The van der Waals surface area contributed by atoms with E-state index in [1.807, 2.05) is 24.3 Å². The number of hydrogen-bond donors (Lipinski definition) is 2. The molecule has 0 amide bonds. The van der Waals surface area contributed by atoms with Crippen molar-refractivity contribution in [2.45, 2.75) is 13.0 Å². The Morgan fingerprint density at radius 1 is 0.833 bits per heavy atom. The number of benzene rings is 2. The topological polar surface area (TPSA) is 18.1 Å². The minimum absolute atomic E-state index is 0.752. The summed E-state index contributed by atoms with van der Waals surface area (Å²) in [5, 5.41) is 0.752. The average molecular weight is 347 g/mol. The monoisotopic (exact) mass is 346 g/mol. The molecule has 3 nitrogen and oxygen atoms in total. The summed E-state index contributed by atoms with van der Waals surface area (Å²) < 4.78 is 5.77. The van der Waals surface area contributed by atoms with Crippen LogP contribution < -0.4 is 14.5 Å². The summed E-state index contributed by atoms with van der Waals surface area (Å²) >= 11 is 5.88. The highest BCUT2D eigenvalue weighted by Gasteiger charge is 2.22. The molecule has 0 bridgehead atoms. The van der Waals surface area contributed by atoms with Crippen LogP contribution in [0.15, 0.2) is 54.6 Å². The van der Waals surface area contributed by atoms with E-state index in [9.17, 15) is 0 Å². The number of ether oxygens (including phenoxy) is 1. The molecular formula is C20H27ClN2O+2. The van der Waals surface area contributed by atoms with Gasteiger partial charge in [-0.1, -0.05) is 41.9 Å². The highest BCUT2D eigenvalue weighted by molar-refractivity contribution is 6.30. The van der Waals surface area contributed by atoms with Crippen LogP contribution in [0.1, 0.15) is 12.0 Å². The average Bonchev–Trinajstić information content (AvgIpc) is 2.62. The maximum Gasteiger partial charge on any atom is 0.127 e. The number of rotatable bonds is 7. The van der Waals surface area contributed by atoms with Crippen molar-refractivity contribution < 1.29 is 14.5 Å². The summed E-state index contributed by atoms with van der Waals surface area (Å²) in [6.07, 6.45) is 1.10. The van der Waals surface area contributed by atoms with Crippen LogP contribution in [0.5, 0.6) is 5.75 Å². The lowest BCUT2D eigenvalue weighted by atomic mass is 10.2. The first kappa shape index (κ1) is 17.3.